The number of sulfonamides is 1. The maximum atomic E-state index is 14.3. The SMILES string of the molecule is CC(C)(C)OC(=O)N1CCNCC1C(=O)[C@H](Cc1ccc(OS(=O)(=O)c2ccc3ccccc3n2)cc1)NS(=O)(=O)c1ccc2ccccc2c1. The average molecular weight is 731 g/mol. The first kappa shape index (κ1) is 35.9. The van der Waals surface area contributed by atoms with Crippen molar-refractivity contribution >= 4 is 53.7 Å². The van der Waals surface area contributed by atoms with E-state index in [2.05, 4.69) is 15.0 Å². The van der Waals surface area contributed by atoms with E-state index in [0.29, 0.717) is 23.0 Å². The molecule has 0 spiro atoms. The van der Waals surface area contributed by atoms with E-state index >= 15 is 0 Å². The summed E-state index contributed by atoms with van der Waals surface area (Å²) in [5.74, 6) is -0.538. The lowest BCUT2D eigenvalue weighted by molar-refractivity contribution is -0.126. The van der Waals surface area contributed by atoms with Crippen LogP contribution in [0.3, 0.4) is 0 Å². The lowest BCUT2D eigenvalue weighted by Crippen LogP contribution is -2.61. The molecule has 1 aliphatic rings. The first-order valence-corrected chi connectivity index (χ1v) is 19.2. The van der Waals surface area contributed by atoms with Crippen LogP contribution in [0.25, 0.3) is 21.7 Å². The molecule has 266 valence electrons. The Hall–Kier alpha value is -4.89. The predicted octanol–water partition coefficient (Wildman–Crippen LogP) is 4.82. The number of hydrogen-bond donors (Lipinski definition) is 2. The number of rotatable bonds is 10. The van der Waals surface area contributed by atoms with Crippen LogP contribution in [-0.4, -0.2) is 75.9 Å². The Morgan fingerprint density at radius 3 is 2.27 bits per heavy atom. The van der Waals surface area contributed by atoms with Crippen molar-refractivity contribution in [1.29, 1.82) is 0 Å². The van der Waals surface area contributed by atoms with E-state index in [1.165, 1.54) is 35.2 Å². The van der Waals surface area contributed by atoms with E-state index in [1.807, 2.05) is 24.3 Å². The fourth-order valence-corrected chi connectivity index (χ4v) is 7.93. The fraction of sp³-hybridized carbons (Fsp3) is 0.270. The molecule has 14 heteroatoms. The van der Waals surface area contributed by atoms with Crippen LogP contribution in [0.4, 0.5) is 4.79 Å². The summed E-state index contributed by atoms with van der Waals surface area (Å²) >= 11 is 0. The number of amides is 1. The Morgan fingerprint density at radius 1 is 0.882 bits per heavy atom. The number of Topliss-reactive ketones (excluding diaryl/α,β-unsaturated/α-hetero) is 1. The standard InChI is InChI=1S/C37H38N4O8S2/c1-37(2,3)48-36(43)41-21-20-38-24-33(41)35(42)32(40-50(44,45)30-18-14-26-8-4-5-10-28(26)23-30)22-25-12-16-29(17-13-25)49-51(46,47)34-19-15-27-9-6-7-11-31(27)39-34/h4-19,23,32-33,38,40H,20-22,24H2,1-3H3/t32-,33?/m0/s1. The first-order chi connectivity index (χ1) is 24.2. The third kappa shape index (κ3) is 8.53. The molecule has 1 fully saturated rings. The lowest BCUT2D eigenvalue weighted by Gasteiger charge is -2.37. The van der Waals surface area contributed by atoms with E-state index in [0.717, 1.165) is 10.8 Å². The molecule has 51 heavy (non-hydrogen) atoms. The molecule has 4 aromatic carbocycles. The topological polar surface area (TPSA) is 161 Å². The zero-order valence-corrected chi connectivity index (χ0v) is 29.9. The minimum absolute atomic E-state index is 0.000843. The molecule has 12 nitrogen and oxygen atoms in total. The minimum Gasteiger partial charge on any atom is -0.444 e. The van der Waals surface area contributed by atoms with Gasteiger partial charge in [-0.3, -0.25) is 9.69 Å². The number of nitrogens with zero attached hydrogens (tertiary/aromatic N) is 2. The van der Waals surface area contributed by atoms with Crippen LogP contribution in [0, 0.1) is 0 Å². The maximum absolute atomic E-state index is 14.3. The molecule has 0 saturated carbocycles. The van der Waals surface area contributed by atoms with Crippen molar-refractivity contribution in [1.82, 2.24) is 19.9 Å². The summed E-state index contributed by atoms with van der Waals surface area (Å²) in [4.78, 5) is 33.0. The zero-order valence-electron chi connectivity index (χ0n) is 28.3. The summed E-state index contributed by atoms with van der Waals surface area (Å²) in [6.07, 6.45) is -0.786. The molecule has 1 saturated heterocycles. The molecule has 2 heterocycles. The van der Waals surface area contributed by atoms with Gasteiger partial charge in [0.25, 0.3) is 0 Å². The van der Waals surface area contributed by atoms with Crippen molar-refractivity contribution in [2.75, 3.05) is 19.6 Å². The molecule has 1 amide bonds. The highest BCUT2D eigenvalue weighted by molar-refractivity contribution is 7.89. The molecule has 0 radical (unpaired) electrons. The monoisotopic (exact) mass is 730 g/mol. The van der Waals surface area contributed by atoms with Crippen LogP contribution in [0.1, 0.15) is 26.3 Å². The van der Waals surface area contributed by atoms with Gasteiger partial charge in [-0.05, 0) is 86.0 Å². The van der Waals surface area contributed by atoms with Crippen molar-refractivity contribution in [3.8, 4) is 5.75 Å². The lowest BCUT2D eigenvalue weighted by atomic mass is 9.97. The number of piperazine rings is 1. The Balaban J connectivity index is 1.27. The molecule has 0 aliphatic carbocycles. The maximum Gasteiger partial charge on any atom is 0.410 e. The second-order valence-electron chi connectivity index (χ2n) is 13.2. The molecular weight excluding hydrogens is 693 g/mol. The number of ether oxygens (including phenoxy) is 1. The van der Waals surface area contributed by atoms with Crippen molar-refractivity contribution in [2.24, 2.45) is 0 Å². The highest BCUT2D eigenvalue weighted by Gasteiger charge is 2.39. The number of benzene rings is 4. The second kappa shape index (κ2) is 14.4. The van der Waals surface area contributed by atoms with Crippen molar-refractivity contribution < 1.29 is 35.3 Å². The molecule has 2 N–H and O–H groups in total. The van der Waals surface area contributed by atoms with Crippen LogP contribution < -0.4 is 14.2 Å². The third-order valence-corrected chi connectivity index (χ3v) is 10.9. The van der Waals surface area contributed by atoms with Crippen molar-refractivity contribution in [2.45, 2.75) is 54.8 Å². The van der Waals surface area contributed by atoms with Crippen LogP contribution in [-0.2, 0) is 36.1 Å². The Bertz CT molecular complexity index is 2310. The van der Waals surface area contributed by atoms with Gasteiger partial charge in [-0.2, -0.15) is 8.42 Å². The second-order valence-corrected chi connectivity index (χ2v) is 16.4. The van der Waals surface area contributed by atoms with Gasteiger partial charge in [0, 0.05) is 25.0 Å². The largest absolute Gasteiger partial charge is 0.444 e. The van der Waals surface area contributed by atoms with Gasteiger partial charge in [0.05, 0.1) is 16.5 Å². The Labute approximate surface area is 297 Å². The molecule has 1 aromatic heterocycles. The molecule has 5 aromatic rings. The summed E-state index contributed by atoms with van der Waals surface area (Å²) in [7, 11) is -8.52. The van der Waals surface area contributed by atoms with Gasteiger partial charge in [-0.25, -0.2) is 22.9 Å². The number of aromatic nitrogens is 1. The van der Waals surface area contributed by atoms with E-state index in [9.17, 15) is 26.4 Å². The summed E-state index contributed by atoms with van der Waals surface area (Å²) in [6.45, 7) is 5.88. The van der Waals surface area contributed by atoms with Crippen LogP contribution >= 0.6 is 0 Å². The minimum atomic E-state index is -4.28. The quantitative estimate of drug-likeness (QED) is 0.191. The number of ketones is 1. The van der Waals surface area contributed by atoms with Crippen molar-refractivity contribution in [3.63, 3.8) is 0 Å². The molecule has 1 unspecified atom stereocenters. The smallest absolute Gasteiger partial charge is 0.410 e. The van der Waals surface area contributed by atoms with Crippen molar-refractivity contribution in [3.05, 3.63) is 109 Å². The van der Waals surface area contributed by atoms with Gasteiger partial charge >= 0.3 is 16.2 Å². The number of fused-ring (bicyclic) bond motifs is 2. The Morgan fingerprint density at radius 2 is 1.55 bits per heavy atom. The van der Waals surface area contributed by atoms with E-state index in [-0.39, 0.29) is 35.2 Å². The highest BCUT2D eigenvalue weighted by atomic mass is 32.2. The number of nitrogens with one attached hydrogen (secondary N) is 2. The number of pyridine rings is 1. The van der Waals surface area contributed by atoms with Gasteiger partial charge in [-0.15, -0.1) is 0 Å². The number of para-hydroxylation sites is 1. The van der Waals surface area contributed by atoms with Gasteiger partial charge < -0.3 is 14.2 Å². The molecule has 0 bridgehead atoms. The number of hydrogen-bond acceptors (Lipinski definition) is 10. The fourth-order valence-electron chi connectivity index (χ4n) is 5.79. The molecule has 6 rings (SSSR count). The first-order valence-electron chi connectivity index (χ1n) is 16.3. The third-order valence-electron chi connectivity index (χ3n) is 8.27. The van der Waals surface area contributed by atoms with E-state index in [4.69, 9.17) is 8.92 Å². The molecule has 2 atom stereocenters. The van der Waals surface area contributed by atoms with Gasteiger partial charge in [0.1, 0.15) is 17.4 Å². The normalized spacial score (nSPS) is 16.1. The summed E-state index contributed by atoms with van der Waals surface area (Å²) in [5, 5.41) is 5.21. The van der Waals surface area contributed by atoms with E-state index in [1.54, 1.807) is 69.3 Å². The number of carbonyl (C=O) groups excluding carboxylic acids is 2. The van der Waals surface area contributed by atoms with Crippen LogP contribution in [0.5, 0.6) is 5.75 Å². The summed E-state index contributed by atoms with van der Waals surface area (Å²) in [5.41, 5.74) is 0.197. The van der Waals surface area contributed by atoms with Gasteiger partial charge in [0.2, 0.25) is 10.0 Å². The Kier molecular flexibility index (Phi) is 10.1. The van der Waals surface area contributed by atoms with Crippen LogP contribution in [0.2, 0.25) is 0 Å². The zero-order chi connectivity index (χ0) is 36.4. The average Bonchev–Trinajstić information content (AvgIpc) is 3.10. The number of carbonyl (C=O) groups is 2. The molecule has 1 aliphatic heterocycles. The molecular formula is C37H38N4O8S2. The van der Waals surface area contributed by atoms with Crippen LogP contribution in [0.15, 0.2) is 113 Å². The summed E-state index contributed by atoms with van der Waals surface area (Å²) < 4.78 is 67.3. The van der Waals surface area contributed by atoms with Gasteiger partial charge in [-0.1, -0.05) is 60.7 Å². The van der Waals surface area contributed by atoms with Gasteiger partial charge in [0.15, 0.2) is 10.8 Å². The highest BCUT2D eigenvalue weighted by Crippen LogP contribution is 2.24. The van der Waals surface area contributed by atoms with E-state index < -0.39 is 49.7 Å². The predicted molar refractivity (Wildman–Crippen MR) is 192 cm³/mol. The summed E-state index contributed by atoms with van der Waals surface area (Å²) in [6, 6.07) is 25.7.